The van der Waals surface area contributed by atoms with Gasteiger partial charge in [0.15, 0.2) is 0 Å². The van der Waals surface area contributed by atoms with Gasteiger partial charge in [0.2, 0.25) is 0 Å². The van der Waals surface area contributed by atoms with E-state index in [0.717, 1.165) is 16.1 Å². The summed E-state index contributed by atoms with van der Waals surface area (Å²) in [5.74, 6) is 6.10. The van der Waals surface area contributed by atoms with E-state index in [1.807, 2.05) is 60.0 Å². The van der Waals surface area contributed by atoms with Gasteiger partial charge in [-0.1, -0.05) is 42.2 Å². The van der Waals surface area contributed by atoms with Gasteiger partial charge in [-0.2, -0.15) is 0 Å². The summed E-state index contributed by atoms with van der Waals surface area (Å²) >= 11 is 1.61. The third-order valence-electron chi connectivity index (χ3n) is 3.01. The van der Waals surface area contributed by atoms with Crippen LogP contribution in [0.3, 0.4) is 0 Å². The molecule has 3 heteroatoms. The number of amides is 1. The van der Waals surface area contributed by atoms with Crippen LogP contribution in [0.2, 0.25) is 0 Å². The number of benzene rings is 2. The fourth-order valence-corrected chi connectivity index (χ4v) is 2.52. The molecule has 0 bridgehead atoms. The van der Waals surface area contributed by atoms with Gasteiger partial charge < -0.3 is 5.32 Å². The van der Waals surface area contributed by atoms with Crippen molar-refractivity contribution >= 4 is 22.9 Å². The number of anilines is 1. The van der Waals surface area contributed by atoms with Gasteiger partial charge >= 0.3 is 0 Å². The van der Waals surface area contributed by atoms with E-state index in [-0.39, 0.29) is 5.91 Å². The molecule has 0 atom stereocenters. The van der Waals surface area contributed by atoms with E-state index >= 15 is 0 Å². The van der Waals surface area contributed by atoms with Gasteiger partial charge in [0, 0.05) is 16.8 Å². The highest BCUT2D eigenvalue weighted by Crippen LogP contribution is 2.12. The molecule has 106 valence electrons. The standard InChI is InChI=1S/C19H13NOS/c21-19(16-7-2-1-3-8-16)20-17-9-4-6-15(14-17)11-12-18-10-5-13-22-18/h1-10,13-14H,(H,20,21). The molecule has 3 rings (SSSR count). The molecule has 1 amide bonds. The van der Waals surface area contributed by atoms with Crippen molar-refractivity contribution in [3.63, 3.8) is 0 Å². The third-order valence-corrected chi connectivity index (χ3v) is 3.79. The SMILES string of the molecule is O=C(Nc1cccc(C#Cc2cccs2)c1)c1ccccc1. The summed E-state index contributed by atoms with van der Waals surface area (Å²) in [4.78, 5) is 13.2. The van der Waals surface area contributed by atoms with Gasteiger partial charge in [-0.3, -0.25) is 4.79 Å². The van der Waals surface area contributed by atoms with Gasteiger partial charge in [0.1, 0.15) is 0 Å². The Bertz CT molecular complexity index is 827. The van der Waals surface area contributed by atoms with Crippen LogP contribution in [0.1, 0.15) is 20.8 Å². The number of nitrogens with one attached hydrogen (secondary N) is 1. The first kappa shape index (κ1) is 14.1. The lowest BCUT2D eigenvalue weighted by atomic mass is 10.1. The normalized spacial score (nSPS) is 9.64. The van der Waals surface area contributed by atoms with E-state index in [2.05, 4.69) is 17.2 Å². The van der Waals surface area contributed by atoms with Crippen molar-refractivity contribution in [2.24, 2.45) is 0 Å². The summed E-state index contributed by atoms with van der Waals surface area (Å²) < 4.78 is 0. The van der Waals surface area contributed by atoms with Crippen molar-refractivity contribution in [3.05, 3.63) is 88.1 Å². The van der Waals surface area contributed by atoms with Crippen LogP contribution in [-0.4, -0.2) is 5.91 Å². The summed E-state index contributed by atoms with van der Waals surface area (Å²) in [5, 5.41) is 4.89. The fourth-order valence-electron chi connectivity index (χ4n) is 1.95. The molecular formula is C19H13NOS. The zero-order valence-corrected chi connectivity index (χ0v) is 12.6. The zero-order chi connectivity index (χ0) is 15.2. The van der Waals surface area contributed by atoms with Crippen LogP contribution in [0, 0.1) is 11.8 Å². The number of carbonyl (C=O) groups is 1. The van der Waals surface area contributed by atoms with Crippen molar-refractivity contribution in [2.45, 2.75) is 0 Å². The van der Waals surface area contributed by atoms with Crippen molar-refractivity contribution in [3.8, 4) is 11.8 Å². The van der Waals surface area contributed by atoms with Crippen molar-refractivity contribution in [1.82, 2.24) is 0 Å². The second-order valence-electron chi connectivity index (χ2n) is 4.63. The highest BCUT2D eigenvalue weighted by molar-refractivity contribution is 7.10. The summed E-state index contributed by atoms with van der Waals surface area (Å²) in [5.41, 5.74) is 2.25. The zero-order valence-electron chi connectivity index (χ0n) is 11.7. The minimum absolute atomic E-state index is 0.121. The first-order valence-corrected chi connectivity index (χ1v) is 7.71. The topological polar surface area (TPSA) is 29.1 Å². The molecule has 2 nitrogen and oxygen atoms in total. The molecule has 0 spiro atoms. The van der Waals surface area contributed by atoms with E-state index in [1.165, 1.54) is 0 Å². The van der Waals surface area contributed by atoms with E-state index in [1.54, 1.807) is 23.5 Å². The quantitative estimate of drug-likeness (QED) is 0.698. The molecule has 0 aliphatic heterocycles. The Labute approximate surface area is 133 Å². The molecule has 22 heavy (non-hydrogen) atoms. The number of rotatable bonds is 2. The van der Waals surface area contributed by atoms with Crippen molar-refractivity contribution < 1.29 is 4.79 Å². The lowest BCUT2D eigenvalue weighted by Gasteiger charge is -2.05. The minimum atomic E-state index is -0.121. The summed E-state index contributed by atoms with van der Waals surface area (Å²) in [6.07, 6.45) is 0. The predicted octanol–water partition coefficient (Wildman–Crippen LogP) is 4.40. The maximum absolute atomic E-state index is 12.1. The van der Waals surface area contributed by atoms with E-state index < -0.39 is 0 Å². The molecule has 0 saturated carbocycles. The molecule has 2 aromatic carbocycles. The second-order valence-corrected chi connectivity index (χ2v) is 5.58. The highest BCUT2D eigenvalue weighted by atomic mass is 32.1. The van der Waals surface area contributed by atoms with Crippen LogP contribution >= 0.6 is 11.3 Å². The van der Waals surface area contributed by atoms with Crippen molar-refractivity contribution in [2.75, 3.05) is 5.32 Å². The fraction of sp³-hybridized carbons (Fsp3) is 0. The molecule has 1 aromatic heterocycles. The maximum Gasteiger partial charge on any atom is 0.255 e. The molecule has 0 unspecified atom stereocenters. The van der Waals surface area contributed by atoms with Crippen LogP contribution in [0.15, 0.2) is 72.1 Å². The van der Waals surface area contributed by atoms with Crippen LogP contribution in [0.5, 0.6) is 0 Å². The molecular weight excluding hydrogens is 290 g/mol. The number of hydrogen-bond acceptors (Lipinski definition) is 2. The number of hydrogen-bond donors (Lipinski definition) is 1. The summed E-state index contributed by atoms with van der Waals surface area (Å²) in [6, 6.07) is 20.7. The van der Waals surface area contributed by atoms with E-state index in [4.69, 9.17) is 0 Å². The molecule has 0 saturated heterocycles. The van der Waals surface area contributed by atoms with Gasteiger partial charge in [-0.25, -0.2) is 0 Å². The summed E-state index contributed by atoms with van der Waals surface area (Å²) in [7, 11) is 0. The number of thiophene rings is 1. The average Bonchev–Trinajstić information content (AvgIpc) is 3.08. The molecule has 0 radical (unpaired) electrons. The lowest BCUT2D eigenvalue weighted by molar-refractivity contribution is 0.102. The smallest absolute Gasteiger partial charge is 0.255 e. The van der Waals surface area contributed by atoms with Crippen LogP contribution < -0.4 is 5.32 Å². The molecule has 0 aliphatic rings. The highest BCUT2D eigenvalue weighted by Gasteiger charge is 2.04. The number of carbonyl (C=O) groups excluding carboxylic acids is 1. The third kappa shape index (κ3) is 3.63. The molecule has 1 N–H and O–H groups in total. The predicted molar refractivity (Wildman–Crippen MR) is 91.1 cm³/mol. The average molecular weight is 303 g/mol. The first-order valence-electron chi connectivity index (χ1n) is 6.83. The van der Waals surface area contributed by atoms with Gasteiger partial charge in [0.05, 0.1) is 4.88 Å². The van der Waals surface area contributed by atoms with Crippen molar-refractivity contribution in [1.29, 1.82) is 0 Å². The Morgan fingerprint density at radius 3 is 2.55 bits per heavy atom. The van der Waals surface area contributed by atoms with Gasteiger partial charge in [-0.15, -0.1) is 11.3 Å². The van der Waals surface area contributed by atoms with Crippen LogP contribution in [-0.2, 0) is 0 Å². The first-order chi connectivity index (χ1) is 10.8. The molecule has 1 heterocycles. The molecule has 3 aromatic rings. The monoisotopic (exact) mass is 303 g/mol. The van der Waals surface area contributed by atoms with E-state index in [0.29, 0.717) is 5.56 Å². The Kier molecular flexibility index (Phi) is 4.33. The van der Waals surface area contributed by atoms with Gasteiger partial charge in [-0.05, 0) is 41.8 Å². The Morgan fingerprint density at radius 1 is 0.909 bits per heavy atom. The minimum Gasteiger partial charge on any atom is -0.322 e. The Morgan fingerprint density at radius 2 is 1.77 bits per heavy atom. The lowest BCUT2D eigenvalue weighted by Crippen LogP contribution is -2.11. The maximum atomic E-state index is 12.1. The van der Waals surface area contributed by atoms with Crippen LogP contribution in [0.4, 0.5) is 5.69 Å². The van der Waals surface area contributed by atoms with Gasteiger partial charge in [0.25, 0.3) is 5.91 Å². The second kappa shape index (κ2) is 6.75. The molecule has 0 aliphatic carbocycles. The molecule has 0 fully saturated rings. The Hall–Kier alpha value is -2.83. The van der Waals surface area contributed by atoms with E-state index in [9.17, 15) is 4.79 Å². The summed E-state index contributed by atoms with van der Waals surface area (Å²) in [6.45, 7) is 0. The van der Waals surface area contributed by atoms with Crippen LogP contribution in [0.25, 0.3) is 0 Å². The Balaban J connectivity index is 1.75. The largest absolute Gasteiger partial charge is 0.322 e.